The molecule has 0 atom stereocenters. The summed E-state index contributed by atoms with van der Waals surface area (Å²) in [4.78, 5) is 0. The van der Waals surface area contributed by atoms with E-state index < -0.39 is 20.2 Å². The molecule has 0 aromatic rings. The molecule has 0 rings (SSSR count). The van der Waals surface area contributed by atoms with Crippen LogP contribution in [-0.4, -0.2) is 65.4 Å². The van der Waals surface area contributed by atoms with Crippen LogP contribution in [0.2, 0.25) is 0 Å². The van der Waals surface area contributed by atoms with Gasteiger partial charge in [-0.1, -0.05) is 19.8 Å². The van der Waals surface area contributed by atoms with Gasteiger partial charge in [0.2, 0.25) is 10.0 Å². The number of nitrogens with zero attached hydrogens (tertiary/aromatic N) is 2. The highest BCUT2D eigenvalue weighted by molar-refractivity contribution is 7.88. The minimum absolute atomic E-state index is 0.0692. The Morgan fingerprint density at radius 1 is 1.00 bits per heavy atom. The first kappa shape index (κ1) is 18.8. The minimum atomic E-state index is -3.50. The summed E-state index contributed by atoms with van der Waals surface area (Å²) in [5.74, 6) is 0. The highest BCUT2D eigenvalue weighted by Gasteiger charge is 2.18. The van der Waals surface area contributed by atoms with Crippen molar-refractivity contribution in [3.05, 3.63) is 0 Å². The van der Waals surface area contributed by atoms with Crippen LogP contribution in [0, 0.1) is 0 Å². The normalized spacial score (nSPS) is 13.4. The van der Waals surface area contributed by atoms with E-state index in [9.17, 15) is 16.8 Å². The lowest BCUT2D eigenvalue weighted by Gasteiger charge is -2.20. The summed E-state index contributed by atoms with van der Waals surface area (Å²) < 4.78 is 50.7. The fraction of sp³-hybridized carbons (Fsp3) is 1.00. The number of sulfonamides is 1. The van der Waals surface area contributed by atoms with Gasteiger partial charge < -0.3 is 0 Å². The zero-order valence-electron chi connectivity index (χ0n) is 12.1. The lowest BCUT2D eigenvalue weighted by atomic mass is 10.2. The van der Waals surface area contributed by atoms with Gasteiger partial charge in [0.1, 0.15) is 0 Å². The van der Waals surface area contributed by atoms with E-state index in [1.165, 1.54) is 18.4 Å². The Kier molecular flexibility index (Phi) is 8.06. The first-order chi connectivity index (χ1) is 8.61. The van der Waals surface area contributed by atoms with Crippen molar-refractivity contribution in [2.24, 2.45) is 0 Å². The van der Waals surface area contributed by atoms with Gasteiger partial charge in [-0.2, -0.15) is 12.7 Å². The third kappa shape index (κ3) is 7.83. The second-order valence-corrected chi connectivity index (χ2v) is 8.50. The molecule has 0 aromatic heterocycles. The van der Waals surface area contributed by atoms with Gasteiger partial charge >= 0.3 is 0 Å². The highest BCUT2D eigenvalue weighted by atomic mass is 32.2. The number of hydrogen-bond acceptors (Lipinski definition) is 4. The minimum Gasteiger partial charge on any atom is -0.213 e. The van der Waals surface area contributed by atoms with Crippen molar-refractivity contribution in [1.29, 1.82) is 0 Å². The molecular weight excluding hydrogens is 290 g/mol. The van der Waals surface area contributed by atoms with Crippen molar-refractivity contribution in [2.45, 2.75) is 26.2 Å². The van der Waals surface area contributed by atoms with E-state index in [0.29, 0.717) is 6.54 Å². The first-order valence-electron chi connectivity index (χ1n) is 6.23. The Morgan fingerprint density at radius 3 is 2.00 bits per heavy atom. The van der Waals surface area contributed by atoms with Crippen LogP contribution in [-0.2, 0) is 20.2 Å². The molecular formula is C10H25N3O4S2. The summed E-state index contributed by atoms with van der Waals surface area (Å²) in [5.41, 5.74) is 0. The van der Waals surface area contributed by atoms with E-state index in [2.05, 4.69) is 4.72 Å². The Hall–Kier alpha value is -0.220. The van der Waals surface area contributed by atoms with E-state index in [4.69, 9.17) is 0 Å². The van der Waals surface area contributed by atoms with Crippen molar-refractivity contribution in [3.8, 4) is 0 Å². The van der Waals surface area contributed by atoms with E-state index in [1.807, 2.05) is 6.92 Å². The van der Waals surface area contributed by atoms with Crippen LogP contribution >= 0.6 is 0 Å². The molecule has 9 heteroatoms. The van der Waals surface area contributed by atoms with Crippen molar-refractivity contribution < 1.29 is 16.8 Å². The molecule has 0 saturated heterocycles. The van der Waals surface area contributed by atoms with Gasteiger partial charge in [0.15, 0.2) is 0 Å². The third-order valence-electron chi connectivity index (χ3n) is 2.61. The van der Waals surface area contributed by atoms with Crippen LogP contribution < -0.4 is 4.72 Å². The van der Waals surface area contributed by atoms with Crippen LogP contribution in [0.15, 0.2) is 0 Å². The second kappa shape index (κ2) is 8.15. The molecule has 0 aliphatic heterocycles. The molecule has 0 aliphatic rings. The van der Waals surface area contributed by atoms with Crippen LogP contribution in [0.5, 0.6) is 0 Å². The van der Waals surface area contributed by atoms with Crippen LogP contribution in [0.25, 0.3) is 0 Å². The summed E-state index contributed by atoms with van der Waals surface area (Å²) in [5, 5.41) is 0. The average molecular weight is 315 g/mol. The average Bonchev–Trinajstić information content (AvgIpc) is 2.25. The Morgan fingerprint density at radius 2 is 1.58 bits per heavy atom. The van der Waals surface area contributed by atoms with E-state index >= 15 is 0 Å². The number of unbranched alkanes of at least 4 members (excludes halogenated alkanes) is 2. The van der Waals surface area contributed by atoms with Crippen molar-refractivity contribution >= 4 is 20.2 Å². The van der Waals surface area contributed by atoms with Gasteiger partial charge in [0.25, 0.3) is 10.2 Å². The SMILES string of the molecule is CCCCCN(CCNS(=O)(=O)N(C)C)S(C)(=O)=O. The summed E-state index contributed by atoms with van der Waals surface area (Å²) in [6.45, 7) is 2.68. The van der Waals surface area contributed by atoms with E-state index in [1.54, 1.807) is 0 Å². The highest BCUT2D eigenvalue weighted by Crippen LogP contribution is 2.03. The van der Waals surface area contributed by atoms with Crippen molar-refractivity contribution in [3.63, 3.8) is 0 Å². The molecule has 0 spiro atoms. The maximum atomic E-state index is 11.6. The predicted molar refractivity (Wildman–Crippen MR) is 76.6 cm³/mol. The Labute approximate surface area is 117 Å². The standard InChI is InChI=1S/C10H25N3O4S2/c1-5-6-7-9-13(18(4,14)15)10-8-11-19(16,17)12(2)3/h11H,5-10H2,1-4H3. The molecule has 0 saturated carbocycles. The predicted octanol–water partition coefficient (Wildman–Crippen LogP) is -0.166. The zero-order chi connectivity index (χ0) is 15.1. The largest absolute Gasteiger partial charge is 0.278 e. The van der Waals surface area contributed by atoms with Crippen LogP contribution in [0.4, 0.5) is 0 Å². The Bertz CT molecular complexity index is 445. The number of rotatable bonds is 10. The molecule has 19 heavy (non-hydrogen) atoms. The van der Waals surface area contributed by atoms with Gasteiger partial charge in [-0.3, -0.25) is 0 Å². The molecule has 116 valence electrons. The molecule has 0 fully saturated rings. The smallest absolute Gasteiger partial charge is 0.213 e. The van der Waals surface area contributed by atoms with Crippen LogP contribution in [0.3, 0.4) is 0 Å². The topological polar surface area (TPSA) is 86.8 Å². The quantitative estimate of drug-likeness (QED) is 0.567. The lowest BCUT2D eigenvalue weighted by Crippen LogP contribution is -2.42. The summed E-state index contributed by atoms with van der Waals surface area (Å²) >= 11 is 0. The molecule has 0 bridgehead atoms. The summed E-state index contributed by atoms with van der Waals surface area (Å²) in [6, 6.07) is 0. The third-order valence-corrected chi connectivity index (χ3v) is 5.44. The van der Waals surface area contributed by atoms with Gasteiger partial charge in [-0.05, 0) is 6.42 Å². The monoisotopic (exact) mass is 315 g/mol. The lowest BCUT2D eigenvalue weighted by molar-refractivity contribution is 0.402. The maximum absolute atomic E-state index is 11.6. The molecule has 0 aromatic carbocycles. The molecule has 0 radical (unpaired) electrons. The Balaban J connectivity index is 4.37. The van der Waals surface area contributed by atoms with E-state index in [0.717, 1.165) is 29.8 Å². The molecule has 1 N–H and O–H groups in total. The second-order valence-electron chi connectivity index (χ2n) is 4.55. The van der Waals surface area contributed by atoms with Crippen molar-refractivity contribution in [1.82, 2.24) is 13.3 Å². The fourth-order valence-electron chi connectivity index (χ4n) is 1.41. The van der Waals surface area contributed by atoms with Gasteiger partial charge in [0, 0.05) is 33.7 Å². The molecule has 0 aliphatic carbocycles. The van der Waals surface area contributed by atoms with E-state index in [-0.39, 0.29) is 13.1 Å². The van der Waals surface area contributed by atoms with Gasteiger partial charge in [-0.15, -0.1) is 0 Å². The molecule has 7 nitrogen and oxygen atoms in total. The zero-order valence-corrected chi connectivity index (χ0v) is 13.7. The molecule has 0 heterocycles. The number of hydrogen-bond donors (Lipinski definition) is 1. The molecule has 0 amide bonds. The van der Waals surface area contributed by atoms with Crippen molar-refractivity contribution in [2.75, 3.05) is 40.0 Å². The summed E-state index contributed by atoms with van der Waals surface area (Å²) in [6.07, 6.45) is 3.88. The number of nitrogens with one attached hydrogen (secondary N) is 1. The fourth-order valence-corrected chi connectivity index (χ4v) is 2.90. The van der Waals surface area contributed by atoms with Gasteiger partial charge in [-0.25, -0.2) is 17.4 Å². The molecule has 0 unspecified atom stereocenters. The van der Waals surface area contributed by atoms with Gasteiger partial charge in [0.05, 0.1) is 6.26 Å². The first-order valence-corrected chi connectivity index (χ1v) is 9.52. The van der Waals surface area contributed by atoms with Crippen LogP contribution in [0.1, 0.15) is 26.2 Å². The maximum Gasteiger partial charge on any atom is 0.278 e. The summed E-state index contributed by atoms with van der Waals surface area (Å²) in [7, 11) is -3.97.